The topological polar surface area (TPSA) is 71.4 Å². The minimum absolute atomic E-state index is 0.226. The number of nitrogens with zero attached hydrogens (tertiary/aromatic N) is 2. The van der Waals surface area contributed by atoms with Crippen molar-refractivity contribution in [3.05, 3.63) is 76.3 Å². The molecule has 1 fully saturated rings. The van der Waals surface area contributed by atoms with Gasteiger partial charge in [-0.05, 0) is 30.5 Å². The fourth-order valence-electron chi connectivity index (χ4n) is 4.04. The van der Waals surface area contributed by atoms with Gasteiger partial charge in [0, 0.05) is 25.1 Å². The molecule has 1 atom stereocenters. The summed E-state index contributed by atoms with van der Waals surface area (Å²) < 4.78 is 11.6. The Bertz CT molecular complexity index is 1180. The van der Waals surface area contributed by atoms with E-state index in [1.165, 1.54) is 5.56 Å². The molecule has 5 rings (SSSR count). The van der Waals surface area contributed by atoms with Gasteiger partial charge in [-0.25, -0.2) is 4.98 Å². The Morgan fingerprint density at radius 3 is 2.72 bits per heavy atom. The first kappa shape index (κ1) is 18.1. The normalized spacial score (nSPS) is 16.9. The van der Waals surface area contributed by atoms with Gasteiger partial charge in [-0.1, -0.05) is 42.5 Å². The van der Waals surface area contributed by atoms with Crippen molar-refractivity contribution >= 4 is 22.1 Å². The Morgan fingerprint density at radius 2 is 1.90 bits per heavy atom. The molecule has 0 saturated carbocycles. The quantitative estimate of drug-likeness (QED) is 0.542. The van der Waals surface area contributed by atoms with E-state index in [2.05, 4.69) is 22.0 Å². The van der Waals surface area contributed by atoms with Crippen LogP contribution in [0.15, 0.2) is 63.8 Å². The number of H-pyrrole nitrogens is 1. The lowest BCUT2D eigenvalue weighted by Gasteiger charge is -2.24. The number of fused-ring (bicyclic) bond motifs is 3. The Labute approximate surface area is 168 Å². The average Bonchev–Trinajstić information content (AvgIpc) is 3.37. The summed E-state index contributed by atoms with van der Waals surface area (Å²) in [6.07, 6.45) is 2.40. The van der Waals surface area contributed by atoms with E-state index in [0.717, 1.165) is 37.9 Å². The molecular weight excluding hydrogens is 366 g/mol. The molecule has 29 heavy (non-hydrogen) atoms. The van der Waals surface area contributed by atoms with Crippen LogP contribution in [0.2, 0.25) is 0 Å². The van der Waals surface area contributed by atoms with Gasteiger partial charge in [-0.3, -0.25) is 9.69 Å². The van der Waals surface area contributed by atoms with Crippen molar-refractivity contribution in [3.8, 4) is 0 Å². The largest absolute Gasteiger partial charge is 0.449 e. The summed E-state index contributed by atoms with van der Waals surface area (Å²) in [5, 5.41) is 0.864. The number of ether oxygens (including phenoxy) is 1. The third-order valence-corrected chi connectivity index (χ3v) is 5.39. The first-order valence-electron chi connectivity index (χ1n) is 10.0. The van der Waals surface area contributed by atoms with Crippen LogP contribution in [-0.4, -0.2) is 34.1 Å². The number of furan rings is 1. The predicted molar refractivity (Wildman–Crippen MR) is 112 cm³/mol. The molecule has 6 heteroatoms. The molecule has 1 saturated heterocycles. The summed E-state index contributed by atoms with van der Waals surface area (Å²) in [6, 6.07) is 18.0. The van der Waals surface area contributed by atoms with Gasteiger partial charge >= 0.3 is 0 Å². The van der Waals surface area contributed by atoms with Gasteiger partial charge in [0.1, 0.15) is 16.9 Å². The number of hydrogen-bond donors (Lipinski definition) is 1. The molecule has 1 aliphatic heterocycles. The molecule has 6 nitrogen and oxygen atoms in total. The molecule has 0 spiro atoms. The first-order valence-corrected chi connectivity index (χ1v) is 10.0. The minimum Gasteiger partial charge on any atom is -0.449 e. The molecule has 2 aromatic carbocycles. The number of rotatable bonds is 6. The SMILES string of the molecule is O=c1[nH]c(CN(Cc2ccccc2)CC2CCCO2)nc2c1oc1ccccc12. The second-order valence-corrected chi connectivity index (χ2v) is 7.58. The molecule has 1 aliphatic rings. The fourth-order valence-corrected chi connectivity index (χ4v) is 4.04. The second-order valence-electron chi connectivity index (χ2n) is 7.58. The zero-order valence-corrected chi connectivity index (χ0v) is 16.1. The fraction of sp³-hybridized carbons (Fsp3) is 0.304. The van der Waals surface area contributed by atoms with Crippen molar-refractivity contribution < 1.29 is 9.15 Å². The summed E-state index contributed by atoms with van der Waals surface area (Å²) in [4.78, 5) is 22.6. The van der Waals surface area contributed by atoms with Crippen molar-refractivity contribution in [1.82, 2.24) is 14.9 Å². The highest BCUT2D eigenvalue weighted by atomic mass is 16.5. The predicted octanol–water partition coefficient (Wildman–Crippen LogP) is 3.85. The van der Waals surface area contributed by atoms with E-state index in [-0.39, 0.29) is 17.2 Å². The maximum absolute atomic E-state index is 12.6. The Morgan fingerprint density at radius 1 is 1.07 bits per heavy atom. The van der Waals surface area contributed by atoms with E-state index in [4.69, 9.17) is 14.1 Å². The zero-order valence-electron chi connectivity index (χ0n) is 16.1. The van der Waals surface area contributed by atoms with Gasteiger partial charge in [0.25, 0.3) is 5.56 Å². The molecule has 2 aromatic heterocycles. The van der Waals surface area contributed by atoms with Crippen molar-refractivity contribution in [2.75, 3.05) is 13.2 Å². The van der Waals surface area contributed by atoms with Crippen LogP contribution in [0.1, 0.15) is 24.2 Å². The number of benzene rings is 2. The zero-order chi connectivity index (χ0) is 19.6. The van der Waals surface area contributed by atoms with Crippen LogP contribution in [0.3, 0.4) is 0 Å². The third kappa shape index (κ3) is 3.81. The molecule has 1 N–H and O–H groups in total. The van der Waals surface area contributed by atoms with Crippen LogP contribution in [-0.2, 0) is 17.8 Å². The molecular formula is C23H23N3O3. The average molecular weight is 389 g/mol. The summed E-state index contributed by atoms with van der Waals surface area (Å²) in [5.74, 6) is 0.642. The van der Waals surface area contributed by atoms with Crippen LogP contribution < -0.4 is 5.56 Å². The van der Waals surface area contributed by atoms with Gasteiger partial charge in [-0.15, -0.1) is 0 Å². The summed E-state index contributed by atoms with van der Waals surface area (Å²) in [6.45, 7) is 2.95. The van der Waals surface area contributed by atoms with Crippen LogP contribution in [0.25, 0.3) is 22.1 Å². The standard InChI is InChI=1S/C23H23N3O3/c27-23-22-21(18-10-4-5-11-19(18)29-22)24-20(25-23)15-26(14-17-9-6-12-28-17)13-16-7-2-1-3-8-16/h1-5,7-8,10-11,17H,6,9,12-15H2,(H,24,25,27). The molecule has 148 valence electrons. The molecule has 0 bridgehead atoms. The maximum Gasteiger partial charge on any atom is 0.294 e. The van der Waals surface area contributed by atoms with E-state index in [0.29, 0.717) is 23.5 Å². The first-order chi connectivity index (χ1) is 14.3. The van der Waals surface area contributed by atoms with E-state index in [9.17, 15) is 4.79 Å². The van der Waals surface area contributed by atoms with Gasteiger partial charge in [-0.2, -0.15) is 0 Å². The number of para-hydroxylation sites is 1. The van der Waals surface area contributed by atoms with Gasteiger partial charge < -0.3 is 14.1 Å². The van der Waals surface area contributed by atoms with Crippen molar-refractivity contribution in [2.45, 2.75) is 32.0 Å². The highest BCUT2D eigenvalue weighted by Crippen LogP contribution is 2.25. The second kappa shape index (κ2) is 7.81. The van der Waals surface area contributed by atoms with Crippen LogP contribution in [0.5, 0.6) is 0 Å². The maximum atomic E-state index is 12.6. The lowest BCUT2D eigenvalue weighted by atomic mass is 10.2. The number of aromatic nitrogens is 2. The van der Waals surface area contributed by atoms with Crippen LogP contribution >= 0.6 is 0 Å². The lowest BCUT2D eigenvalue weighted by molar-refractivity contribution is 0.0670. The van der Waals surface area contributed by atoms with Gasteiger partial charge in [0.2, 0.25) is 5.58 Å². The minimum atomic E-state index is -0.238. The highest BCUT2D eigenvalue weighted by Gasteiger charge is 2.21. The van der Waals surface area contributed by atoms with Crippen molar-refractivity contribution in [3.63, 3.8) is 0 Å². The number of nitrogens with one attached hydrogen (secondary N) is 1. The van der Waals surface area contributed by atoms with E-state index >= 15 is 0 Å². The Hall–Kier alpha value is -2.96. The lowest BCUT2D eigenvalue weighted by Crippen LogP contribution is -2.32. The van der Waals surface area contributed by atoms with Crippen molar-refractivity contribution in [1.29, 1.82) is 0 Å². The monoisotopic (exact) mass is 389 g/mol. The van der Waals surface area contributed by atoms with Gasteiger partial charge in [0.15, 0.2) is 0 Å². The number of hydrogen-bond acceptors (Lipinski definition) is 5. The molecule has 0 amide bonds. The van der Waals surface area contributed by atoms with Crippen LogP contribution in [0.4, 0.5) is 0 Å². The van der Waals surface area contributed by atoms with E-state index in [1.807, 2.05) is 42.5 Å². The van der Waals surface area contributed by atoms with Crippen molar-refractivity contribution in [2.24, 2.45) is 0 Å². The molecule has 0 aliphatic carbocycles. The molecule has 1 unspecified atom stereocenters. The van der Waals surface area contributed by atoms with E-state index in [1.54, 1.807) is 0 Å². The summed E-state index contributed by atoms with van der Waals surface area (Å²) in [5.41, 5.74) is 2.57. The Balaban J connectivity index is 1.47. The van der Waals surface area contributed by atoms with E-state index < -0.39 is 0 Å². The van der Waals surface area contributed by atoms with Crippen LogP contribution in [0, 0.1) is 0 Å². The smallest absolute Gasteiger partial charge is 0.294 e. The Kier molecular flexibility index (Phi) is 4.87. The number of aromatic amines is 1. The van der Waals surface area contributed by atoms with Gasteiger partial charge in [0.05, 0.1) is 12.6 Å². The summed E-state index contributed by atoms with van der Waals surface area (Å²) >= 11 is 0. The molecule has 3 heterocycles. The highest BCUT2D eigenvalue weighted by molar-refractivity contribution is 6.01. The molecule has 4 aromatic rings. The molecule has 0 radical (unpaired) electrons. The summed E-state index contributed by atoms with van der Waals surface area (Å²) in [7, 11) is 0. The third-order valence-electron chi connectivity index (χ3n) is 5.39.